The molecule has 3 rings (SSSR count). The van der Waals surface area contributed by atoms with E-state index in [2.05, 4.69) is 19.1 Å². The molecular weight excluding hydrogens is 408 g/mol. The number of cyclic esters (lactones) is 1. The summed E-state index contributed by atoms with van der Waals surface area (Å²) >= 11 is 0. The Bertz CT molecular complexity index is 796. The van der Waals surface area contributed by atoms with Crippen LogP contribution in [0.15, 0.2) is 23.3 Å². The topological polar surface area (TPSA) is 89.9 Å². The maximum absolute atomic E-state index is 12.7. The van der Waals surface area contributed by atoms with Crippen LogP contribution in [0, 0.1) is 29.6 Å². The second kappa shape index (κ2) is 10.3. The Morgan fingerprint density at radius 3 is 2.59 bits per heavy atom. The van der Waals surface area contributed by atoms with Crippen molar-refractivity contribution in [3.63, 3.8) is 0 Å². The highest BCUT2D eigenvalue weighted by atomic mass is 16.5. The van der Waals surface area contributed by atoms with Crippen LogP contribution in [0.5, 0.6) is 0 Å². The molecular formula is C26H38O6. The number of carbonyl (C=O) groups is 3. The maximum Gasteiger partial charge on any atom is 0.308 e. The molecule has 3 aliphatic rings. The first-order chi connectivity index (χ1) is 15.1. The Kier molecular flexibility index (Phi) is 7.97. The zero-order chi connectivity index (χ0) is 23.6. The number of ketones is 1. The van der Waals surface area contributed by atoms with Gasteiger partial charge in [0.15, 0.2) is 5.78 Å². The molecule has 6 nitrogen and oxygen atoms in total. The van der Waals surface area contributed by atoms with Crippen LogP contribution in [0.1, 0.15) is 73.1 Å². The summed E-state index contributed by atoms with van der Waals surface area (Å²) in [6, 6.07) is 0. The van der Waals surface area contributed by atoms with Crippen LogP contribution in [0.25, 0.3) is 0 Å². The van der Waals surface area contributed by atoms with E-state index in [1.165, 1.54) is 0 Å². The van der Waals surface area contributed by atoms with Gasteiger partial charge in [-0.25, -0.2) is 0 Å². The van der Waals surface area contributed by atoms with Crippen LogP contribution in [0.4, 0.5) is 0 Å². The van der Waals surface area contributed by atoms with Gasteiger partial charge in [0.05, 0.1) is 18.4 Å². The average Bonchev–Trinajstić information content (AvgIpc) is 2.71. The molecule has 1 aliphatic heterocycles. The molecule has 0 unspecified atom stereocenters. The van der Waals surface area contributed by atoms with E-state index < -0.39 is 6.10 Å². The van der Waals surface area contributed by atoms with Crippen molar-refractivity contribution in [2.75, 3.05) is 0 Å². The highest BCUT2D eigenvalue weighted by Gasteiger charge is 2.45. The third kappa shape index (κ3) is 5.33. The molecule has 1 fully saturated rings. The Morgan fingerprint density at radius 1 is 1.25 bits per heavy atom. The summed E-state index contributed by atoms with van der Waals surface area (Å²) in [7, 11) is 0. The third-order valence-corrected chi connectivity index (χ3v) is 7.58. The zero-order valence-corrected chi connectivity index (χ0v) is 20.0. The summed E-state index contributed by atoms with van der Waals surface area (Å²) in [4.78, 5) is 37.0. The average molecular weight is 447 g/mol. The molecule has 0 aromatic carbocycles. The quantitative estimate of drug-likeness (QED) is 0.591. The van der Waals surface area contributed by atoms with E-state index in [1.54, 1.807) is 6.92 Å². The largest absolute Gasteiger partial charge is 0.462 e. The fourth-order valence-electron chi connectivity index (χ4n) is 5.67. The number of allylic oxidation sites excluding steroid dienone is 3. The molecule has 2 aliphatic carbocycles. The molecule has 1 N–H and O–H groups in total. The zero-order valence-electron chi connectivity index (χ0n) is 20.0. The third-order valence-electron chi connectivity index (χ3n) is 7.58. The maximum atomic E-state index is 12.7. The van der Waals surface area contributed by atoms with Crippen molar-refractivity contribution in [1.82, 2.24) is 0 Å². The van der Waals surface area contributed by atoms with Gasteiger partial charge in [0.1, 0.15) is 12.2 Å². The minimum atomic E-state index is -0.649. The van der Waals surface area contributed by atoms with Gasteiger partial charge in [-0.15, -0.1) is 0 Å². The number of hydrogen-bond acceptors (Lipinski definition) is 6. The van der Waals surface area contributed by atoms with Crippen molar-refractivity contribution >= 4 is 17.7 Å². The Labute approximate surface area is 191 Å². The van der Waals surface area contributed by atoms with Crippen LogP contribution in [0.3, 0.4) is 0 Å². The minimum Gasteiger partial charge on any atom is -0.462 e. The van der Waals surface area contributed by atoms with E-state index in [9.17, 15) is 19.5 Å². The molecule has 0 aromatic rings. The van der Waals surface area contributed by atoms with Gasteiger partial charge in [-0.1, -0.05) is 39.8 Å². The van der Waals surface area contributed by atoms with Crippen molar-refractivity contribution in [3.8, 4) is 0 Å². The monoisotopic (exact) mass is 446 g/mol. The highest BCUT2D eigenvalue weighted by Crippen LogP contribution is 2.48. The van der Waals surface area contributed by atoms with Crippen molar-refractivity contribution in [1.29, 1.82) is 0 Å². The first kappa shape index (κ1) is 24.7. The summed E-state index contributed by atoms with van der Waals surface area (Å²) in [6.07, 6.45) is 6.27. The SMILES string of the molecule is CC[C@H](C)C(=O)O[C@H]1C[C@@H](C)C(C(C)=O)=C2C=C[C@H](C)[C@H](CC[C@@H]3C[C@@H](O)CC(=O)O3)[C@H]21. The molecule has 6 heteroatoms. The predicted molar refractivity (Wildman–Crippen MR) is 120 cm³/mol. The second-order valence-corrected chi connectivity index (χ2v) is 10.0. The number of Topliss-reactive ketones (excluding diaryl/α,β-unsaturated/α-hetero) is 1. The van der Waals surface area contributed by atoms with Gasteiger partial charge in [0.2, 0.25) is 0 Å². The van der Waals surface area contributed by atoms with Crippen molar-refractivity contribution in [2.24, 2.45) is 29.6 Å². The number of aliphatic hydroxyl groups is 1. The molecule has 178 valence electrons. The number of fused-ring (bicyclic) bond motifs is 1. The summed E-state index contributed by atoms with van der Waals surface area (Å²) in [6.45, 7) is 9.66. The molecule has 0 radical (unpaired) electrons. The van der Waals surface area contributed by atoms with Gasteiger partial charge in [-0.05, 0) is 55.9 Å². The number of esters is 2. The fourth-order valence-corrected chi connectivity index (χ4v) is 5.67. The minimum absolute atomic E-state index is 0.0293. The molecule has 0 amide bonds. The highest BCUT2D eigenvalue weighted by molar-refractivity contribution is 5.95. The first-order valence-corrected chi connectivity index (χ1v) is 12.1. The van der Waals surface area contributed by atoms with E-state index in [0.717, 1.165) is 24.0 Å². The van der Waals surface area contributed by atoms with Gasteiger partial charge in [0, 0.05) is 17.9 Å². The second-order valence-electron chi connectivity index (χ2n) is 10.0. The molecule has 0 spiro atoms. The lowest BCUT2D eigenvalue weighted by Crippen LogP contribution is -2.44. The van der Waals surface area contributed by atoms with Gasteiger partial charge in [-0.2, -0.15) is 0 Å². The molecule has 1 heterocycles. The van der Waals surface area contributed by atoms with E-state index in [1.807, 2.05) is 20.8 Å². The molecule has 0 aromatic heterocycles. The van der Waals surface area contributed by atoms with Crippen LogP contribution in [0.2, 0.25) is 0 Å². The summed E-state index contributed by atoms with van der Waals surface area (Å²) in [5, 5.41) is 9.95. The number of ether oxygens (including phenoxy) is 2. The summed E-state index contributed by atoms with van der Waals surface area (Å²) < 4.78 is 11.5. The lowest BCUT2D eigenvalue weighted by atomic mass is 9.62. The van der Waals surface area contributed by atoms with E-state index in [4.69, 9.17) is 9.47 Å². The van der Waals surface area contributed by atoms with Crippen LogP contribution in [-0.2, 0) is 23.9 Å². The van der Waals surface area contributed by atoms with E-state index >= 15 is 0 Å². The van der Waals surface area contributed by atoms with Gasteiger partial charge < -0.3 is 14.6 Å². The van der Waals surface area contributed by atoms with Crippen molar-refractivity contribution in [2.45, 2.75) is 91.5 Å². The van der Waals surface area contributed by atoms with E-state index in [-0.39, 0.29) is 65.9 Å². The molecule has 0 bridgehead atoms. The molecule has 0 saturated carbocycles. The Morgan fingerprint density at radius 2 is 1.97 bits per heavy atom. The standard InChI is InChI=1S/C26H38O6/c1-6-14(2)26(30)32-22-11-16(4)24(17(5)27)21-9-7-15(3)20(25(21)22)10-8-19-12-18(28)13-23(29)31-19/h7,9,14-16,18-20,22,25,28H,6,8,10-13H2,1-5H3/t14-,15-,16+,18+,19+,20-,22-,25+/m0/s1. The van der Waals surface area contributed by atoms with Gasteiger partial charge in [0.25, 0.3) is 0 Å². The van der Waals surface area contributed by atoms with E-state index in [0.29, 0.717) is 19.3 Å². The normalized spacial score (nSPS) is 35.7. The number of carbonyl (C=O) groups excluding carboxylic acids is 3. The van der Waals surface area contributed by atoms with Crippen LogP contribution < -0.4 is 0 Å². The lowest BCUT2D eigenvalue weighted by molar-refractivity contribution is -0.162. The predicted octanol–water partition coefficient (Wildman–Crippen LogP) is 4.15. The van der Waals surface area contributed by atoms with Crippen molar-refractivity contribution in [3.05, 3.63) is 23.3 Å². The number of aliphatic hydroxyl groups excluding tert-OH is 1. The van der Waals surface area contributed by atoms with Gasteiger partial charge in [-0.3, -0.25) is 14.4 Å². The summed E-state index contributed by atoms with van der Waals surface area (Å²) in [5.41, 5.74) is 1.85. The molecule has 1 saturated heterocycles. The Hall–Kier alpha value is -1.95. The van der Waals surface area contributed by atoms with Crippen LogP contribution >= 0.6 is 0 Å². The molecule has 8 atom stereocenters. The number of rotatable bonds is 7. The smallest absolute Gasteiger partial charge is 0.308 e. The lowest BCUT2D eigenvalue weighted by Gasteiger charge is -2.45. The fraction of sp³-hybridized carbons (Fsp3) is 0.731. The summed E-state index contributed by atoms with van der Waals surface area (Å²) in [5.74, 6) is -0.249. The first-order valence-electron chi connectivity index (χ1n) is 12.1. The Balaban J connectivity index is 1.88. The van der Waals surface area contributed by atoms with Crippen molar-refractivity contribution < 1.29 is 29.0 Å². The number of hydrogen-bond donors (Lipinski definition) is 1. The van der Waals surface area contributed by atoms with Crippen LogP contribution in [-0.4, -0.2) is 41.1 Å². The molecule has 32 heavy (non-hydrogen) atoms. The van der Waals surface area contributed by atoms with Gasteiger partial charge >= 0.3 is 11.9 Å².